The fraction of sp³-hybridized carbons (Fsp3) is 0.467. The molecule has 0 amide bonds. The topological polar surface area (TPSA) is 43.7 Å². The Morgan fingerprint density at radius 3 is 2.09 bits per heavy atom. The zero-order valence-electron chi connectivity index (χ0n) is 21.0. The second-order valence-corrected chi connectivity index (χ2v) is 8.87. The molecule has 0 atom stereocenters. The molecule has 182 valence electrons. The van der Waals surface area contributed by atoms with Gasteiger partial charge in [-0.15, -0.1) is 0 Å². The minimum atomic E-state index is 0.756. The molecular formula is C30H40N2O2. The van der Waals surface area contributed by atoms with Crippen LogP contribution in [0, 0.1) is 0 Å². The smallest absolute Gasteiger partial charge is 0.120 e. The van der Waals surface area contributed by atoms with Crippen molar-refractivity contribution in [3.05, 3.63) is 60.3 Å². The summed E-state index contributed by atoms with van der Waals surface area (Å²) in [6, 6.07) is 18.1. The van der Waals surface area contributed by atoms with Gasteiger partial charge in [0.1, 0.15) is 11.5 Å². The molecule has 0 radical (unpaired) electrons. The summed E-state index contributed by atoms with van der Waals surface area (Å²) in [5.74, 6) is 1.80. The molecule has 2 aromatic carbocycles. The predicted molar refractivity (Wildman–Crippen MR) is 144 cm³/mol. The number of aromatic nitrogens is 1. The van der Waals surface area contributed by atoms with Crippen LogP contribution in [0.2, 0.25) is 0 Å². The van der Waals surface area contributed by atoms with Gasteiger partial charge in [-0.2, -0.15) is 0 Å². The van der Waals surface area contributed by atoms with Crippen molar-refractivity contribution in [2.45, 2.75) is 78.1 Å². The number of benzene rings is 2. The summed E-state index contributed by atoms with van der Waals surface area (Å²) in [6.45, 7) is 5.96. The maximum Gasteiger partial charge on any atom is 0.120 e. The zero-order chi connectivity index (χ0) is 23.8. The van der Waals surface area contributed by atoms with Gasteiger partial charge in [0.05, 0.1) is 36.3 Å². The Labute approximate surface area is 205 Å². The molecule has 0 aliphatic rings. The highest BCUT2D eigenvalue weighted by molar-refractivity contribution is 5.86. The van der Waals surface area contributed by atoms with Gasteiger partial charge in [0, 0.05) is 5.39 Å². The van der Waals surface area contributed by atoms with Gasteiger partial charge in [0.2, 0.25) is 0 Å². The minimum Gasteiger partial charge on any atom is -0.494 e. The van der Waals surface area contributed by atoms with Crippen molar-refractivity contribution in [3.8, 4) is 11.5 Å². The fourth-order valence-corrected chi connectivity index (χ4v) is 3.81. The molecule has 0 aliphatic carbocycles. The van der Waals surface area contributed by atoms with Gasteiger partial charge >= 0.3 is 0 Å². The zero-order valence-corrected chi connectivity index (χ0v) is 21.0. The second-order valence-electron chi connectivity index (χ2n) is 8.87. The summed E-state index contributed by atoms with van der Waals surface area (Å²) in [5.41, 5.74) is 2.67. The lowest BCUT2D eigenvalue weighted by Gasteiger charge is -2.07. The number of nitrogens with zero attached hydrogens (tertiary/aromatic N) is 2. The highest BCUT2D eigenvalue weighted by Crippen LogP contribution is 2.21. The molecule has 4 nitrogen and oxygen atoms in total. The third-order valence-corrected chi connectivity index (χ3v) is 5.90. The van der Waals surface area contributed by atoms with Gasteiger partial charge in [0.15, 0.2) is 0 Å². The average molecular weight is 461 g/mol. The van der Waals surface area contributed by atoms with Gasteiger partial charge in [0.25, 0.3) is 0 Å². The lowest BCUT2D eigenvalue weighted by Crippen LogP contribution is -1.97. The Balaban J connectivity index is 1.44. The van der Waals surface area contributed by atoms with Crippen LogP contribution in [0.5, 0.6) is 11.5 Å². The summed E-state index contributed by atoms with van der Waals surface area (Å²) in [5, 5.41) is 1.08. The summed E-state index contributed by atoms with van der Waals surface area (Å²) < 4.78 is 11.7. The van der Waals surface area contributed by atoms with E-state index in [9.17, 15) is 0 Å². The molecule has 3 aromatic rings. The normalized spacial score (nSPS) is 11.4. The molecule has 0 fully saturated rings. The Morgan fingerprint density at radius 1 is 0.676 bits per heavy atom. The van der Waals surface area contributed by atoms with E-state index in [1.165, 1.54) is 44.9 Å². The van der Waals surface area contributed by atoms with Crippen LogP contribution in [0.3, 0.4) is 0 Å². The first-order valence-corrected chi connectivity index (χ1v) is 13.1. The second kappa shape index (κ2) is 15.1. The maximum atomic E-state index is 5.97. The summed E-state index contributed by atoms with van der Waals surface area (Å²) in [4.78, 5) is 9.28. The van der Waals surface area contributed by atoms with E-state index in [0.717, 1.165) is 66.3 Å². The molecule has 0 saturated carbocycles. The van der Waals surface area contributed by atoms with E-state index in [0.29, 0.717) is 0 Å². The summed E-state index contributed by atoms with van der Waals surface area (Å²) in [7, 11) is 0. The van der Waals surface area contributed by atoms with Crippen molar-refractivity contribution < 1.29 is 9.47 Å². The third-order valence-electron chi connectivity index (χ3n) is 5.90. The molecule has 4 heteroatoms. The number of fused-ring (bicyclic) bond motifs is 1. The van der Waals surface area contributed by atoms with Crippen LogP contribution in [-0.2, 0) is 0 Å². The van der Waals surface area contributed by atoms with E-state index >= 15 is 0 Å². The van der Waals surface area contributed by atoms with E-state index in [1.807, 2.05) is 42.5 Å². The van der Waals surface area contributed by atoms with Crippen molar-refractivity contribution >= 4 is 22.8 Å². The first kappa shape index (κ1) is 25.7. The largest absolute Gasteiger partial charge is 0.494 e. The highest BCUT2D eigenvalue weighted by Gasteiger charge is 2.01. The Hall–Kier alpha value is -2.88. The van der Waals surface area contributed by atoms with E-state index in [-0.39, 0.29) is 0 Å². The van der Waals surface area contributed by atoms with Crippen LogP contribution in [-0.4, -0.2) is 24.4 Å². The number of hydrogen-bond donors (Lipinski definition) is 0. The average Bonchev–Trinajstić information content (AvgIpc) is 2.87. The standard InChI is InChI=1S/C30H40N2O2/c1-3-5-7-8-9-10-11-12-22-34-29-19-20-30-25(23-29)13-14-27(32-30)24-31-26-15-17-28(18-16-26)33-21-6-4-2/h13-20,23-24H,3-12,21-22H2,1-2H3. The van der Waals surface area contributed by atoms with Gasteiger partial charge in [-0.1, -0.05) is 71.3 Å². The number of rotatable bonds is 16. The van der Waals surface area contributed by atoms with Gasteiger partial charge in [-0.25, -0.2) is 4.98 Å². The van der Waals surface area contributed by atoms with Crippen molar-refractivity contribution in [1.82, 2.24) is 4.98 Å². The lowest BCUT2D eigenvalue weighted by molar-refractivity contribution is 0.304. The Kier molecular flexibility index (Phi) is 11.4. The van der Waals surface area contributed by atoms with E-state index < -0.39 is 0 Å². The molecule has 0 aliphatic heterocycles. The van der Waals surface area contributed by atoms with Gasteiger partial charge < -0.3 is 9.47 Å². The van der Waals surface area contributed by atoms with Crippen LogP contribution in [0.15, 0.2) is 59.6 Å². The van der Waals surface area contributed by atoms with Crippen molar-refractivity contribution in [1.29, 1.82) is 0 Å². The number of aliphatic imine (C=N–C) groups is 1. The Morgan fingerprint density at radius 2 is 1.32 bits per heavy atom. The molecule has 34 heavy (non-hydrogen) atoms. The van der Waals surface area contributed by atoms with E-state index in [4.69, 9.17) is 14.5 Å². The van der Waals surface area contributed by atoms with Crippen LogP contribution in [0.1, 0.15) is 83.7 Å². The molecule has 0 unspecified atom stereocenters. The number of pyridine rings is 1. The predicted octanol–water partition coefficient (Wildman–Crippen LogP) is 8.68. The number of ether oxygens (including phenoxy) is 2. The third kappa shape index (κ3) is 9.17. The van der Waals surface area contributed by atoms with Crippen LogP contribution >= 0.6 is 0 Å². The number of unbranched alkanes of at least 4 members (excludes halogenated alkanes) is 8. The quantitative estimate of drug-likeness (QED) is 0.159. The Bertz CT molecular complexity index is 998. The fourth-order valence-electron chi connectivity index (χ4n) is 3.81. The van der Waals surface area contributed by atoms with Crippen LogP contribution in [0.4, 0.5) is 5.69 Å². The molecule has 3 rings (SSSR count). The molecule has 0 spiro atoms. The van der Waals surface area contributed by atoms with Crippen molar-refractivity contribution in [2.24, 2.45) is 4.99 Å². The van der Waals surface area contributed by atoms with Crippen molar-refractivity contribution in [3.63, 3.8) is 0 Å². The van der Waals surface area contributed by atoms with E-state index in [1.54, 1.807) is 6.21 Å². The molecule has 1 heterocycles. The SMILES string of the molecule is CCCCCCCCCCOc1ccc2nc(C=Nc3ccc(OCCCC)cc3)ccc2c1. The lowest BCUT2D eigenvalue weighted by atomic mass is 10.1. The minimum absolute atomic E-state index is 0.756. The van der Waals surface area contributed by atoms with E-state index in [2.05, 4.69) is 31.0 Å². The highest BCUT2D eigenvalue weighted by atomic mass is 16.5. The van der Waals surface area contributed by atoms with Gasteiger partial charge in [-0.3, -0.25) is 4.99 Å². The molecule has 0 saturated heterocycles. The molecule has 0 N–H and O–H groups in total. The summed E-state index contributed by atoms with van der Waals surface area (Å²) in [6.07, 6.45) is 14.5. The maximum absolute atomic E-state index is 5.97. The summed E-state index contributed by atoms with van der Waals surface area (Å²) >= 11 is 0. The molecule has 0 bridgehead atoms. The molecular weight excluding hydrogens is 420 g/mol. The monoisotopic (exact) mass is 460 g/mol. The van der Waals surface area contributed by atoms with Crippen LogP contribution in [0.25, 0.3) is 10.9 Å². The van der Waals surface area contributed by atoms with Gasteiger partial charge in [-0.05, 0) is 61.4 Å². The number of hydrogen-bond acceptors (Lipinski definition) is 4. The van der Waals surface area contributed by atoms with Crippen molar-refractivity contribution in [2.75, 3.05) is 13.2 Å². The first-order chi connectivity index (χ1) is 16.8. The first-order valence-electron chi connectivity index (χ1n) is 13.1. The van der Waals surface area contributed by atoms with Crippen LogP contribution < -0.4 is 9.47 Å². The molecule has 1 aromatic heterocycles.